The number of carbonyl (C=O) groups is 2. The SMILES string of the molecule is CC1(C)CC(=O)Nc2ccc(S(=O)(=O)NCc3csc(CNC(=O)c4ccccc4)n3)cc21. The van der Waals surface area contributed by atoms with E-state index in [2.05, 4.69) is 20.3 Å². The lowest BCUT2D eigenvalue weighted by Crippen LogP contribution is -2.33. The second-order valence-electron chi connectivity index (χ2n) is 8.42. The Kier molecular flexibility index (Phi) is 6.33. The third-order valence-electron chi connectivity index (χ3n) is 5.39. The maximum absolute atomic E-state index is 12.9. The summed E-state index contributed by atoms with van der Waals surface area (Å²) >= 11 is 1.35. The smallest absolute Gasteiger partial charge is 0.251 e. The lowest BCUT2D eigenvalue weighted by Gasteiger charge is -2.32. The highest BCUT2D eigenvalue weighted by Gasteiger charge is 2.33. The van der Waals surface area contributed by atoms with Crippen LogP contribution in [-0.4, -0.2) is 25.2 Å². The zero-order chi connectivity index (χ0) is 23.6. The van der Waals surface area contributed by atoms with Gasteiger partial charge in [-0.2, -0.15) is 0 Å². The molecule has 2 heterocycles. The van der Waals surface area contributed by atoms with E-state index in [1.54, 1.807) is 41.8 Å². The highest BCUT2D eigenvalue weighted by atomic mass is 32.2. The predicted octanol–water partition coefficient (Wildman–Crippen LogP) is 3.17. The summed E-state index contributed by atoms with van der Waals surface area (Å²) in [7, 11) is -3.78. The molecule has 0 saturated heterocycles. The van der Waals surface area contributed by atoms with E-state index >= 15 is 0 Å². The van der Waals surface area contributed by atoms with Crippen molar-refractivity contribution < 1.29 is 18.0 Å². The van der Waals surface area contributed by atoms with Crippen molar-refractivity contribution in [3.05, 3.63) is 75.7 Å². The van der Waals surface area contributed by atoms with E-state index < -0.39 is 15.4 Å². The van der Waals surface area contributed by atoms with Crippen LogP contribution in [0.5, 0.6) is 0 Å². The van der Waals surface area contributed by atoms with Gasteiger partial charge in [-0.05, 0) is 35.9 Å². The van der Waals surface area contributed by atoms with Gasteiger partial charge in [-0.3, -0.25) is 9.59 Å². The van der Waals surface area contributed by atoms with Crippen LogP contribution in [0.3, 0.4) is 0 Å². The number of hydrogen-bond donors (Lipinski definition) is 3. The summed E-state index contributed by atoms with van der Waals surface area (Å²) in [5, 5.41) is 8.04. The summed E-state index contributed by atoms with van der Waals surface area (Å²) in [5.74, 6) is -0.278. The van der Waals surface area contributed by atoms with Gasteiger partial charge in [-0.25, -0.2) is 18.1 Å². The highest BCUT2D eigenvalue weighted by molar-refractivity contribution is 7.89. The van der Waals surface area contributed by atoms with E-state index in [1.807, 2.05) is 19.9 Å². The molecule has 0 fully saturated rings. The second kappa shape index (κ2) is 9.05. The molecule has 3 N–H and O–H groups in total. The van der Waals surface area contributed by atoms with Crippen LogP contribution in [-0.2, 0) is 33.3 Å². The van der Waals surface area contributed by atoms with E-state index in [9.17, 15) is 18.0 Å². The van der Waals surface area contributed by atoms with E-state index in [-0.39, 0.29) is 29.8 Å². The van der Waals surface area contributed by atoms with Crippen molar-refractivity contribution in [3.8, 4) is 0 Å². The number of hydrogen-bond acceptors (Lipinski definition) is 6. The number of carbonyl (C=O) groups excluding carboxylic acids is 2. The van der Waals surface area contributed by atoms with Gasteiger partial charge in [0, 0.05) is 28.5 Å². The Morgan fingerprint density at radius 2 is 1.91 bits per heavy atom. The summed E-state index contributed by atoms with van der Waals surface area (Å²) in [6.45, 7) is 4.13. The maximum atomic E-state index is 12.9. The van der Waals surface area contributed by atoms with Gasteiger partial charge in [0.2, 0.25) is 15.9 Å². The number of nitrogens with one attached hydrogen (secondary N) is 3. The number of fused-ring (bicyclic) bond motifs is 1. The monoisotopic (exact) mass is 484 g/mol. The van der Waals surface area contributed by atoms with Crippen LogP contribution >= 0.6 is 11.3 Å². The van der Waals surface area contributed by atoms with Crippen LogP contribution in [0.25, 0.3) is 0 Å². The number of rotatable bonds is 7. The number of amides is 2. The topological polar surface area (TPSA) is 117 Å². The van der Waals surface area contributed by atoms with E-state index in [0.29, 0.717) is 28.4 Å². The fourth-order valence-corrected chi connectivity index (χ4v) is 5.42. The molecule has 2 aromatic carbocycles. The van der Waals surface area contributed by atoms with Crippen molar-refractivity contribution in [2.24, 2.45) is 0 Å². The third kappa shape index (κ3) is 5.29. The second-order valence-corrected chi connectivity index (χ2v) is 11.1. The molecule has 172 valence electrons. The molecule has 10 heteroatoms. The Hall–Kier alpha value is -3.08. The van der Waals surface area contributed by atoms with Gasteiger partial charge in [0.05, 0.1) is 23.7 Å². The average molecular weight is 485 g/mol. The van der Waals surface area contributed by atoms with Crippen molar-refractivity contribution in [1.82, 2.24) is 15.0 Å². The molecule has 8 nitrogen and oxygen atoms in total. The molecule has 0 unspecified atom stereocenters. The first kappa shape index (κ1) is 23.1. The van der Waals surface area contributed by atoms with Gasteiger partial charge in [-0.15, -0.1) is 11.3 Å². The molecule has 0 radical (unpaired) electrons. The van der Waals surface area contributed by atoms with Crippen LogP contribution in [0, 0.1) is 0 Å². The molecule has 1 aliphatic rings. The molecule has 1 aromatic heterocycles. The summed E-state index contributed by atoms with van der Waals surface area (Å²) in [6.07, 6.45) is 0.291. The maximum Gasteiger partial charge on any atom is 0.251 e. The van der Waals surface area contributed by atoms with Gasteiger partial charge in [0.15, 0.2) is 0 Å². The van der Waals surface area contributed by atoms with Gasteiger partial charge in [0.1, 0.15) is 5.01 Å². The standard InChI is InChI=1S/C23H24N4O4S2/c1-23(2)11-20(28)27-19-9-8-17(10-18(19)23)33(30,31)25-12-16-14-32-21(26-16)13-24-22(29)15-6-4-3-5-7-15/h3-10,14,25H,11-13H2,1-2H3,(H,24,29)(H,27,28). The van der Waals surface area contributed by atoms with E-state index in [4.69, 9.17) is 0 Å². The highest BCUT2D eigenvalue weighted by Crippen LogP contribution is 2.38. The Bertz CT molecular complexity index is 1300. The van der Waals surface area contributed by atoms with E-state index in [0.717, 1.165) is 5.56 Å². The number of benzene rings is 2. The Balaban J connectivity index is 1.39. The summed E-state index contributed by atoms with van der Waals surface area (Å²) in [4.78, 5) is 28.6. The minimum absolute atomic E-state index is 0.0304. The first-order valence-corrected chi connectivity index (χ1v) is 12.7. The zero-order valence-corrected chi connectivity index (χ0v) is 19.8. The van der Waals surface area contributed by atoms with Gasteiger partial charge < -0.3 is 10.6 Å². The van der Waals surface area contributed by atoms with Crippen molar-refractivity contribution in [2.75, 3.05) is 5.32 Å². The molecule has 0 aliphatic carbocycles. The molecule has 0 saturated carbocycles. The van der Waals surface area contributed by atoms with Gasteiger partial charge in [-0.1, -0.05) is 32.0 Å². The van der Waals surface area contributed by atoms with Crippen molar-refractivity contribution in [3.63, 3.8) is 0 Å². The summed E-state index contributed by atoms with van der Waals surface area (Å²) < 4.78 is 28.3. The first-order valence-electron chi connectivity index (χ1n) is 10.3. The quantitative estimate of drug-likeness (QED) is 0.476. The number of aromatic nitrogens is 1. The van der Waals surface area contributed by atoms with Gasteiger partial charge in [0.25, 0.3) is 5.91 Å². The minimum Gasteiger partial charge on any atom is -0.346 e. The Morgan fingerprint density at radius 3 is 2.67 bits per heavy atom. The summed E-state index contributed by atoms with van der Waals surface area (Å²) in [5.41, 5.74) is 2.09. The fraction of sp³-hybridized carbons (Fsp3) is 0.261. The zero-order valence-electron chi connectivity index (χ0n) is 18.2. The molecule has 2 amide bonds. The van der Waals surface area contributed by atoms with Crippen molar-refractivity contribution >= 4 is 38.9 Å². The van der Waals surface area contributed by atoms with Crippen molar-refractivity contribution in [1.29, 1.82) is 0 Å². The van der Waals surface area contributed by atoms with Crippen LogP contribution in [0.2, 0.25) is 0 Å². The molecule has 1 aliphatic heterocycles. The molecule has 4 rings (SSSR count). The molecule has 33 heavy (non-hydrogen) atoms. The van der Waals surface area contributed by atoms with Crippen molar-refractivity contribution in [2.45, 2.75) is 43.7 Å². The molecule has 3 aromatic rings. The number of thiazole rings is 1. The molecular weight excluding hydrogens is 460 g/mol. The molecule has 0 bridgehead atoms. The van der Waals surface area contributed by atoms with Crippen LogP contribution < -0.4 is 15.4 Å². The number of sulfonamides is 1. The lowest BCUT2D eigenvalue weighted by atomic mass is 9.78. The average Bonchev–Trinajstić information content (AvgIpc) is 3.24. The lowest BCUT2D eigenvalue weighted by molar-refractivity contribution is -0.117. The molecule has 0 spiro atoms. The molecular formula is C23H24N4O4S2. The van der Waals surface area contributed by atoms with Crippen LogP contribution in [0.15, 0.2) is 58.8 Å². The third-order valence-corrected chi connectivity index (χ3v) is 7.68. The van der Waals surface area contributed by atoms with Gasteiger partial charge >= 0.3 is 0 Å². The number of nitrogens with zero attached hydrogens (tertiary/aromatic N) is 1. The Morgan fingerprint density at radius 1 is 1.15 bits per heavy atom. The largest absolute Gasteiger partial charge is 0.346 e. The predicted molar refractivity (Wildman–Crippen MR) is 126 cm³/mol. The summed E-state index contributed by atoms with van der Waals surface area (Å²) in [6, 6.07) is 13.6. The van der Waals surface area contributed by atoms with Crippen LogP contribution in [0.4, 0.5) is 5.69 Å². The van der Waals surface area contributed by atoms with Crippen LogP contribution in [0.1, 0.15) is 46.9 Å². The number of anilines is 1. The normalized spacial score (nSPS) is 14.9. The minimum atomic E-state index is -3.78. The van der Waals surface area contributed by atoms with E-state index in [1.165, 1.54) is 17.4 Å². The first-order chi connectivity index (χ1) is 15.6. The fourth-order valence-electron chi connectivity index (χ4n) is 3.66. The molecule has 0 atom stereocenters. The Labute approximate surface area is 196 Å².